The summed E-state index contributed by atoms with van der Waals surface area (Å²) >= 11 is 0. The summed E-state index contributed by atoms with van der Waals surface area (Å²) in [4.78, 5) is 11.8. The number of carbonyl (C=O) groups is 1. The van der Waals surface area contributed by atoms with Crippen molar-refractivity contribution >= 4 is 5.91 Å². The van der Waals surface area contributed by atoms with Crippen molar-refractivity contribution in [3.63, 3.8) is 0 Å². The normalized spacial score (nSPS) is 10.7. The second-order valence-corrected chi connectivity index (χ2v) is 6.64. The quantitative estimate of drug-likeness (QED) is 0.324. The summed E-state index contributed by atoms with van der Waals surface area (Å²) in [5.74, 6) is 0.592. The molecule has 0 fully saturated rings. The maximum absolute atomic E-state index is 11.8. The first kappa shape index (κ1) is 20.4. The Morgan fingerprint density at radius 3 is 1.81 bits per heavy atom. The van der Waals surface area contributed by atoms with Crippen LogP contribution in [-0.2, 0) is 17.6 Å². The minimum Gasteiger partial charge on any atom is -0.508 e. The molecule has 0 saturated heterocycles. The van der Waals surface area contributed by atoms with Crippen LogP contribution in [-0.4, -0.2) is 32.9 Å². The van der Waals surface area contributed by atoms with Gasteiger partial charge in [-0.2, -0.15) is 0 Å². The Hall–Kier alpha value is -2.89. The lowest BCUT2D eigenvalue weighted by atomic mass is 10.1. The zero-order valence-corrected chi connectivity index (χ0v) is 15.3. The molecular weight excluding hydrogens is 346 g/mol. The molecule has 0 atom stereocenters. The van der Waals surface area contributed by atoms with Crippen LogP contribution in [0.1, 0.15) is 43.2 Å². The second kappa shape index (κ2) is 10.3. The van der Waals surface area contributed by atoms with Crippen molar-refractivity contribution in [1.29, 1.82) is 0 Å². The lowest BCUT2D eigenvalue weighted by Crippen LogP contribution is -2.24. The number of carbonyl (C=O) groups excluding carboxylic acids is 1. The summed E-state index contributed by atoms with van der Waals surface area (Å²) in [6.45, 7) is 0.575. The van der Waals surface area contributed by atoms with Gasteiger partial charge in [-0.1, -0.05) is 0 Å². The van der Waals surface area contributed by atoms with Crippen LogP contribution < -0.4 is 5.32 Å². The van der Waals surface area contributed by atoms with Crippen LogP contribution >= 0.6 is 0 Å². The largest absolute Gasteiger partial charge is 0.508 e. The molecule has 0 bridgehead atoms. The van der Waals surface area contributed by atoms with Crippen molar-refractivity contribution in [3.8, 4) is 23.0 Å². The van der Waals surface area contributed by atoms with Crippen LogP contribution in [0.3, 0.4) is 0 Å². The lowest BCUT2D eigenvalue weighted by Gasteiger charge is -2.07. The van der Waals surface area contributed by atoms with E-state index in [1.165, 1.54) is 24.3 Å². The number of unbranched alkanes of at least 4 members (excludes halogenated alkanes) is 2. The lowest BCUT2D eigenvalue weighted by molar-refractivity contribution is -0.121. The minimum absolute atomic E-state index is 0.00432. The molecule has 27 heavy (non-hydrogen) atoms. The van der Waals surface area contributed by atoms with Gasteiger partial charge in [0, 0.05) is 13.0 Å². The van der Waals surface area contributed by atoms with Crippen molar-refractivity contribution in [3.05, 3.63) is 47.5 Å². The maximum Gasteiger partial charge on any atom is 0.219 e. The fourth-order valence-electron chi connectivity index (χ4n) is 2.90. The Balaban J connectivity index is 1.56. The van der Waals surface area contributed by atoms with E-state index in [-0.39, 0.29) is 28.9 Å². The summed E-state index contributed by atoms with van der Waals surface area (Å²) in [6, 6.07) is 8.92. The summed E-state index contributed by atoms with van der Waals surface area (Å²) in [5, 5.41) is 41.1. The van der Waals surface area contributed by atoms with Gasteiger partial charge in [0.25, 0.3) is 0 Å². The number of aryl methyl sites for hydroxylation is 2. The van der Waals surface area contributed by atoms with Gasteiger partial charge in [0.1, 0.15) is 23.0 Å². The molecule has 0 aliphatic rings. The number of hydrogen-bond acceptors (Lipinski definition) is 5. The SMILES string of the molecule is O=C(CCCCc1cc(O)ccc1O)NCCCCc1cc(O)ccc1O. The molecule has 0 unspecified atom stereocenters. The molecular formula is C21H27NO5. The third-order valence-corrected chi connectivity index (χ3v) is 4.42. The Bertz CT molecular complexity index is 760. The average molecular weight is 373 g/mol. The highest BCUT2D eigenvalue weighted by Crippen LogP contribution is 2.24. The number of phenols is 4. The molecule has 0 radical (unpaired) electrons. The van der Waals surface area contributed by atoms with E-state index in [1.54, 1.807) is 12.1 Å². The minimum atomic E-state index is -0.00432. The smallest absolute Gasteiger partial charge is 0.219 e. The first-order chi connectivity index (χ1) is 13.0. The Labute approximate surface area is 159 Å². The van der Waals surface area contributed by atoms with Crippen LogP contribution in [0.25, 0.3) is 0 Å². The number of benzene rings is 2. The third kappa shape index (κ3) is 7.09. The summed E-state index contributed by atoms with van der Waals surface area (Å²) in [6.07, 6.45) is 4.72. The monoisotopic (exact) mass is 373 g/mol. The van der Waals surface area contributed by atoms with E-state index in [0.29, 0.717) is 43.4 Å². The predicted octanol–water partition coefficient (Wildman–Crippen LogP) is 3.36. The van der Waals surface area contributed by atoms with Crippen LogP contribution in [0.5, 0.6) is 23.0 Å². The zero-order valence-electron chi connectivity index (χ0n) is 15.3. The second-order valence-electron chi connectivity index (χ2n) is 6.64. The third-order valence-electron chi connectivity index (χ3n) is 4.42. The van der Waals surface area contributed by atoms with E-state index in [2.05, 4.69) is 5.32 Å². The van der Waals surface area contributed by atoms with Gasteiger partial charge in [-0.3, -0.25) is 4.79 Å². The summed E-state index contributed by atoms with van der Waals surface area (Å²) < 4.78 is 0. The van der Waals surface area contributed by atoms with Gasteiger partial charge < -0.3 is 25.7 Å². The van der Waals surface area contributed by atoms with E-state index in [4.69, 9.17) is 0 Å². The van der Waals surface area contributed by atoms with Gasteiger partial charge in [0.15, 0.2) is 0 Å². The molecule has 0 aliphatic heterocycles. The van der Waals surface area contributed by atoms with Gasteiger partial charge in [0.05, 0.1) is 0 Å². The van der Waals surface area contributed by atoms with Crippen molar-refractivity contribution in [2.75, 3.05) is 6.54 Å². The molecule has 2 aromatic rings. The van der Waals surface area contributed by atoms with Gasteiger partial charge in [-0.15, -0.1) is 0 Å². The topological polar surface area (TPSA) is 110 Å². The molecule has 0 saturated carbocycles. The number of phenolic OH excluding ortho intramolecular Hbond substituents is 4. The van der Waals surface area contributed by atoms with Gasteiger partial charge >= 0.3 is 0 Å². The van der Waals surface area contributed by atoms with Crippen LogP contribution in [0.2, 0.25) is 0 Å². The Morgan fingerprint density at radius 1 is 0.741 bits per heavy atom. The zero-order chi connectivity index (χ0) is 19.6. The molecule has 1 amide bonds. The molecule has 6 heteroatoms. The van der Waals surface area contributed by atoms with Crippen molar-refractivity contribution < 1.29 is 25.2 Å². The summed E-state index contributed by atoms with van der Waals surface area (Å²) in [5.41, 5.74) is 1.39. The van der Waals surface area contributed by atoms with Gasteiger partial charge in [-0.05, 0) is 86.1 Å². The van der Waals surface area contributed by atoms with Crippen molar-refractivity contribution in [2.24, 2.45) is 0 Å². The first-order valence-corrected chi connectivity index (χ1v) is 9.24. The fraction of sp³-hybridized carbons (Fsp3) is 0.381. The summed E-state index contributed by atoms with van der Waals surface area (Å²) in [7, 11) is 0. The van der Waals surface area contributed by atoms with Crippen LogP contribution in [0, 0.1) is 0 Å². The molecule has 146 valence electrons. The molecule has 5 N–H and O–H groups in total. The fourth-order valence-corrected chi connectivity index (χ4v) is 2.90. The van der Waals surface area contributed by atoms with E-state index in [1.807, 2.05) is 0 Å². The number of amides is 1. The molecule has 0 aliphatic carbocycles. The van der Waals surface area contributed by atoms with E-state index >= 15 is 0 Å². The van der Waals surface area contributed by atoms with Gasteiger partial charge in [-0.25, -0.2) is 0 Å². The molecule has 2 rings (SSSR count). The maximum atomic E-state index is 11.8. The molecule has 0 spiro atoms. The molecule has 2 aromatic carbocycles. The highest BCUT2D eigenvalue weighted by molar-refractivity contribution is 5.75. The number of nitrogens with one attached hydrogen (secondary N) is 1. The number of rotatable bonds is 10. The first-order valence-electron chi connectivity index (χ1n) is 9.24. The highest BCUT2D eigenvalue weighted by Gasteiger charge is 2.05. The molecule has 6 nitrogen and oxygen atoms in total. The average Bonchev–Trinajstić information content (AvgIpc) is 2.64. The van der Waals surface area contributed by atoms with Crippen molar-refractivity contribution in [2.45, 2.75) is 44.9 Å². The Morgan fingerprint density at radius 2 is 1.26 bits per heavy atom. The highest BCUT2D eigenvalue weighted by atomic mass is 16.3. The van der Waals surface area contributed by atoms with Crippen molar-refractivity contribution in [1.82, 2.24) is 5.32 Å². The molecule has 0 heterocycles. The predicted molar refractivity (Wildman–Crippen MR) is 103 cm³/mol. The van der Waals surface area contributed by atoms with Crippen LogP contribution in [0.4, 0.5) is 0 Å². The number of hydrogen-bond donors (Lipinski definition) is 5. The van der Waals surface area contributed by atoms with E-state index in [0.717, 1.165) is 19.3 Å². The number of aromatic hydroxyl groups is 4. The molecule has 0 aromatic heterocycles. The van der Waals surface area contributed by atoms with E-state index < -0.39 is 0 Å². The Kier molecular flexibility index (Phi) is 7.79. The van der Waals surface area contributed by atoms with Gasteiger partial charge in [0.2, 0.25) is 5.91 Å². The van der Waals surface area contributed by atoms with Crippen LogP contribution in [0.15, 0.2) is 36.4 Å². The standard InChI is InChI=1S/C21H27NO5/c23-17-8-10-19(25)15(13-17)5-1-2-7-21(27)22-12-4-3-6-16-14-18(24)9-11-20(16)26/h8-11,13-14,23-26H,1-7,12H2,(H,22,27). The van der Waals surface area contributed by atoms with E-state index in [9.17, 15) is 25.2 Å².